The Bertz CT molecular complexity index is 1170. The molecule has 0 radical (unpaired) electrons. The summed E-state index contributed by atoms with van der Waals surface area (Å²) in [5, 5.41) is 9.54. The van der Waals surface area contributed by atoms with Crippen molar-refractivity contribution in [3.63, 3.8) is 0 Å². The lowest BCUT2D eigenvalue weighted by Gasteiger charge is -2.26. The Morgan fingerprint density at radius 2 is 1.72 bits per heavy atom. The fourth-order valence-corrected chi connectivity index (χ4v) is 5.12. The number of hydrogen-bond acceptors (Lipinski definition) is 9. The number of carbonyl (C=O) groups excluding carboxylic acids is 1. The fraction of sp³-hybridized carbons (Fsp3) is 0.400. The van der Waals surface area contributed by atoms with Crippen LogP contribution in [0.4, 0.5) is 0 Å². The second-order valence-electron chi connectivity index (χ2n) is 8.45. The summed E-state index contributed by atoms with van der Waals surface area (Å²) in [6, 6.07) is 16.1. The maximum atomic E-state index is 12.8. The second kappa shape index (κ2) is 16.8. The second-order valence-corrected chi connectivity index (χ2v) is 11.5. The number of sulfone groups is 1. The average molecular weight is 599 g/mol. The molecule has 1 unspecified atom stereocenters. The molecule has 11 nitrogen and oxygen atoms in total. The van der Waals surface area contributed by atoms with Crippen LogP contribution in [-0.2, 0) is 29.9 Å². The summed E-state index contributed by atoms with van der Waals surface area (Å²) in [6.45, 7) is 4.00. The molecule has 14 heteroatoms. The van der Waals surface area contributed by atoms with E-state index in [-0.39, 0.29) is 23.1 Å². The lowest BCUT2D eigenvalue weighted by Crippen LogP contribution is -2.45. The van der Waals surface area contributed by atoms with E-state index in [0.717, 1.165) is 13.1 Å². The highest BCUT2D eigenvalue weighted by atomic mass is 32.2. The quantitative estimate of drug-likeness (QED) is 0.261. The van der Waals surface area contributed by atoms with Crippen molar-refractivity contribution in [3.05, 3.63) is 60.2 Å². The normalized spacial score (nSPS) is 14.3. The van der Waals surface area contributed by atoms with E-state index < -0.39 is 27.0 Å². The number of nitrogens with one attached hydrogen (secondary N) is 1. The molecule has 0 saturated carbocycles. The summed E-state index contributed by atoms with van der Waals surface area (Å²) in [4.78, 5) is 14.8. The minimum absolute atomic E-state index is 0.0662. The Kier molecular flexibility index (Phi) is 13.9. The van der Waals surface area contributed by atoms with E-state index in [9.17, 15) is 13.2 Å². The number of thiocarbonyl (C=S) groups is 2. The van der Waals surface area contributed by atoms with Crippen LogP contribution in [0.5, 0.6) is 11.5 Å². The number of ether oxygens (including phenoxy) is 3. The molecule has 2 aromatic carbocycles. The number of hydrogen-bond donors (Lipinski definition) is 4. The number of benzene rings is 2. The molecule has 214 valence electrons. The van der Waals surface area contributed by atoms with Gasteiger partial charge in [-0.2, -0.15) is 0 Å². The van der Waals surface area contributed by atoms with Crippen LogP contribution in [0.15, 0.2) is 54.6 Å². The van der Waals surface area contributed by atoms with Gasteiger partial charge >= 0.3 is 0 Å². The van der Waals surface area contributed by atoms with E-state index in [4.69, 9.17) is 37.3 Å². The number of para-hydroxylation sites is 1. The van der Waals surface area contributed by atoms with Crippen LogP contribution >= 0.6 is 24.4 Å². The van der Waals surface area contributed by atoms with Crippen LogP contribution < -0.4 is 21.5 Å². The molecule has 1 aliphatic rings. The van der Waals surface area contributed by atoms with Gasteiger partial charge in [0.1, 0.15) is 11.5 Å². The fourth-order valence-electron chi connectivity index (χ4n) is 3.60. The van der Waals surface area contributed by atoms with E-state index in [0.29, 0.717) is 43.4 Å². The number of carbonyl (C=O) groups is 1. The average Bonchev–Trinajstić information content (AvgIpc) is 2.87. The standard InChI is InChI=1S/C24H31N3O6S2.CH3NOS/c25-24(34)33-22(23(28)26-10-11-27-12-14-31-15-13-27)9-16-35(29,30)18-19-5-4-8-21(17-19)32-20-6-2-1-3-7-20;2-1(3)4/h1-8,17,22H,9-16,18H2,(H2,25,34)(H,26,28);(H3,2,3,4). The zero-order valence-corrected chi connectivity index (χ0v) is 23.8. The van der Waals surface area contributed by atoms with Gasteiger partial charge in [0.05, 0.1) is 24.7 Å². The van der Waals surface area contributed by atoms with Crippen molar-refractivity contribution in [2.75, 3.05) is 45.1 Å². The minimum Gasteiger partial charge on any atom is -0.487 e. The van der Waals surface area contributed by atoms with Crippen LogP contribution in [0.1, 0.15) is 12.0 Å². The zero-order chi connectivity index (χ0) is 28.7. The molecule has 1 heterocycles. The van der Waals surface area contributed by atoms with Crippen molar-refractivity contribution in [1.82, 2.24) is 10.2 Å². The molecule has 6 N–H and O–H groups in total. The van der Waals surface area contributed by atoms with Gasteiger partial charge < -0.3 is 36.1 Å². The summed E-state index contributed by atoms with van der Waals surface area (Å²) < 4.78 is 41.9. The summed E-state index contributed by atoms with van der Waals surface area (Å²) in [7, 11) is -3.55. The van der Waals surface area contributed by atoms with E-state index in [1.807, 2.05) is 30.3 Å². The third-order valence-corrected chi connectivity index (χ3v) is 7.06. The largest absolute Gasteiger partial charge is 0.487 e. The highest BCUT2D eigenvalue weighted by Crippen LogP contribution is 2.23. The van der Waals surface area contributed by atoms with Gasteiger partial charge in [-0.1, -0.05) is 30.3 Å². The number of amides is 1. The van der Waals surface area contributed by atoms with E-state index in [1.165, 1.54) is 0 Å². The number of aliphatic hydroxyl groups excluding tert-OH is 1. The molecular formula is C25H34N4O7S3. The van der Waals surface area contributed by atoms with Crippen molar-refractivity contribution >= 4 is 50.5 Å². The van der Waals surface area contributed by atoms with Crippen LogP contribution in [0, 0.1) is 0 Å². The third-order valence-electron chi connectivity index (χ3n) is 5.34. The van der Waals surface area contributed by atoms with Crippen LogP contribution in [-0.4, -0.2) is 85.9 Å². The molecule has 1 aliphatic heterocycles. The molecule has 1 saturated heterocycles. The predicted molar refractivity (Wildman–Crippen MR) is 156 cm³/mol. The lowest BCUT2D eigenvalue weighted by molar-refractivity contribution is -0.128. The Morgan fingerprint density at radius 3 is 2.36 bits per heavy atom. The van der Waals surface area contributed by atoms with Crippen LogP contribution in [0.2, 0.25) is 0 Å². The molecule has 39 heavy (non-hydrogen) atoms. The molecule has 1 fully saturated rings. The summed E-state index contributed by atoms with van der Waals surface area (Å²) >= 11 is 8.65. The Balaban J connectivity index is 0.00000124. The van der Waals surface area contributed by atoms with Gasteiger partial charge in [0.2, 0.25) is 0 Å². The first-order valence-corrected chi connectivity index (χ1v) is 14.7. The third kappa shape index (κ3) is 14.1. The first-order valence-electron chi connectivity index (χ1n) is 12.1. The molecule has 0 bridgehead atoms. The Morgan fingerprint density at radius 1 is 1.08 bits per heavy atom. The van der Waals surface area contributed by atoms with E-state index in [1.54, 1.807) is 24.3 Å². The van der Waals surface area contributed by atoms with Crippen molar-refractivity contribution in [3.8, 4) is 11.5 Å². The molecule has 3 rings (SSSR count). The first kappa shape index (κ1) is 32.2. The monoisotopic (exact) mass is 598 g/mol. The Labute approximate surface area is 239 Å². The Hall–Kier alpha value is -3.04. The maximum Gasteiger partial charge on any atom is 0.261 e. The van der Waals surface area contributed by atoms with Gasteiger partial charge in [0, 0.05) is 32.6 Å². The number of rotatable bonds is 12. The van der Waals surface area contributed by atoms with Crippen molar-refractivity contribution in [2.45, 2.75) is 18.3 Å². The molecule has 1 amide bonds. The summed E-state index contributed by atoms with van der Waals surface area (Å²) in [6.07, 6.45) is -1.15. The van der Waals surface area contributed by atoms with Gasteiger partial charge in [-0.05, 0) is 54.3 Å². The zero-order valence-electron chi connectivity index (χ0n) is 21.4. The van der Waals surface area contributed by atoms with E-state index in [2.05, 4.69) is 28.2 Å². The lowest BCUT2D eigenvalue weighted by atomic mass is 10.2. The van der Waals surface area contributed by atoms with Gasteiger partial charge in [-0.3, -0.25) is 9.69 Å². The van der Waals surface area contributed by atoms with Gasteiger partial charge in [0.15, 0.2) is 15.9 Å². The molecular weight excluding hydrogens is 564 g/mol. The van der Waals surface area contributed by atoms with Crippen molar-refractivity contribution < 1.29 is 32.5 Å². The van der Waals surface area contributed by atoms with Gasteiger partial charge in [-0.15, -0.1) is 0 Å². The summed E-state index contributed by atoms with van der Waals surface area (Å²) in [5.74, 6) is 0.292. The highest BCUT2D eigenvalue weighted by Gasteiger charge is 2.24. The smallest absolute Gasteiger partial charge is 0.261 e. The number of nitrogens with two attached hydrogens (primary N) is 2. The highest BCUT2D eigenvalue weighted by molar-refractivity contribution is 7.90. The van der Waals surface area contributed by atoms with Gasteiger partial charge in [-0.25, -0.2) is 8.42 Å². The predicted octanol–water partition coefficient (Wildman–Crippen LogP) is 1.65. The molecule has 0 spiro atoms. The molecule has 2 aromatic rings. The van der Waals surface area contributed by atoms with Crippen LogP contribution in [0.3, 0.4) is 0 Å². The van der Waals surface area contributed by atoms with Crippen LogP contribution in [0.25, 0.3) is 0 Å². The maximum absolute atomic E-state index is 12.8. The van der Waals surface area contributed by atoms with Crippen molar-refractivity contribution in [2.24, 2.45) is 11.5 Å². The summed E-state index contributed by atoms with van der Waals surface area (Å²) in [5.41, 5.74) is 10.4. The topological polar surface area (TPSA) is 166 Å². The number of nitrogens with zero attached hydrogens (tertiary/aromatic N) is 1. The van der Waals surface area contributed by atoms with Crippen molar-refractivity contribution in [1.29, 1.82) is 0 Å². The molecule has 0 aliphatic carbocycles. The van der Waals surface area contributed by atoms with Gasteiger partial charge in [0.25, 0.3) is 16.3 Å². The first-order chi connectivity index (χ1) is 18.5. The molecule has 1 atom stereocenters. The molecule has 0 aromatic heterocycles. The minimum atomic E-state index is -3.55. The van der Waals surface area contributed by atoms with E-state index >= 15 is 0 Å². The SMILES string of the molecule is NC(=S)OC(CCS(=O)(=O)Cc1cccc(Oc2ccccc2)c1)C(=O)NCCN1CCOCC1.NC(O)=S. The number of aliphatic hydroxyl groups is 1. The number of morpholine rings is 1.